The predicted molar refractivity (Wildman–Crippen MR) is 111 cm³/mol. The molecule has 0 aliphatic heterocycles. The lowest BCUT2D eigenvalue weighted by molar-refractivity contribution is 0.0690. The van der Waals surface area contributed by atoms with Crippen LogP contribution >= 0.6 is 0 Å². The van der Waals surface area contributed by atoms with Crippen LogP contribution in [0, 0.1) is 0 Å². The first kappa shape index (κ1) is 18.4. The lowest BCUT2D eigenvalue weighted by atomic mass is 9.94. The number of aromatic nitrogens is 2. The van der Waals surface area contributed by atoms with Crippen molar-refractivity contribution < 1.29 is 4.79 Å². The van der Waals surface area contributed by atoms with E-state index in [-0.39, 0.29) is 17.5 Å². The average Bonchev–Trinajstić information content (AvgIpc) is 2.76. The van der Waals surface area contributed by atoms with Crippen molar-refractivity contribution in [3.05, 3.63) is 76.2 Å². The van der Waals surface area contributed by atoms with Crippen molar-refractivity contribution in [3.63, 3.8) is 0 Å². The summed E-state index contributed by atoms with van der Waals surface area (Å²) < 4.78 is 1.42. The molecule has 5 heteroatoms. The van der Waals surface area contributed by atoms with Gasteiger partial charge in [-0.15, -0.1) is 0 Å². The molecule has 0 N–H and O–H groups in total. The molecule has 0 bridgehead atoms. The summed E-state index contributed by atoms with van der Waals surface area (Å²) in [6.45, 7) is 0.345. The maximum absolute atomic E-state index is 13.3. The Kier molecular flexibility index (Phi) is 5.24. The van der Waals surface area contributed by atoms with Gasteiger partial charge in [0, 0.05) is 18.5 Å². The minimum atomic E-state index is -0.170. The van der Waals surface area contributed by atoms with Crippen LogP contribution in [0.25, 0.3) is 10.8 Å². The molecule has 144 valence electrons. The van der Waals surface area contributed by atoms with E-state index in [9.17, 15) is 9.59 Å². The van der Waals surface area contributed by atoms with E-state index in [1.807, 2.05) is 60.5 Å². The standard InChI is InChI=1S/C23H25N3O2/c1-25(18-12-6-3-7-13-18)23(28)21-19-14-8-9-15-20(19)22(27)26(24-21)16-17-10-4-2-5-11-17/h2,4-5,8-11,14-15,18H,3,6-7,12-13,16H2,1H3. The number of hydrogen-bond donors (Lipinski definition) is 0. The first-order chi connectivity index (χ1) is 13.6. The van der Waals surface area contributed by atoms with E-state index in [2.05, 4.69) is 5.10 Å². The fourth-order valence-electron chi connectivity index (χ4n) is 4.06. The summed E-state index contributed by atoms with van der Waals surface area (Å²) in [6.07, 6.45) is 5.61. The minimum Gasteiger partial charge on any atom is -0.337 e. The molecule has 28 heavy (non-hydrogen) atoms. The first-order valence-electron chi connectivity index (χ1n) is 9.96. The lowest BCUT2D eigenvalue weighted by Gasteiger charge is -2.31. The zero-order valence-electron chi connectivity index (χ0n) is 16.2. The largest absolute Gasteiger partial charge is 0.337 e. The number of nitrogens with zero attached hydrogens (tertiary/aromatic N) is 3. The van der Waals surface area contributed by atoms with Gasteiger partial charge in [-0.1, -0.05) is 67.8 Å². The molecule has 1 amide bonds. The van der Waals surface area contributed by atoms with Crippen LogP contribution in [0.5, 0.6) is 0 Å². The van der Waals surface area contributed by atoms with E-state index in [1.165, 1.54) is 11.1 Å². The van der Waals surface area contributed by atoms with Gasteiger partial charge < -0.3 is 4.90 Å². The van der Waals surface area contributed by atoms with Crippen LogP contribution in [0.3, 0.4) is 0 Å². The van der Waals surface area contributed by atoms with Crippen molar-refractivity contribution in [2.75, 3.05) is 7.05 Å². The zero-order chi connectivity index (χ0) is 19.5. The lowest BCUT2D eigenvalue weighted by Crippen LogP contribution is -2.40. The van der Waals surface area contributed by atoms with Crippen LogP contribution in [0.1, 0.15) is 48.2 Å². The van der Waals surface area contributed by atoms with Crippen molar-refractivity contribution >= 4 is 16.7 Å². The van der Waals surface area contributed by atoms with Gasteiger partial charge in [0.15, 0.2) is 5.69 Å². The molecule has 0 radical (unpaired) electrons. The summed E-state index contributed by atoms with van der Waals surface area (Å²) in [5.74, 6) is -0.107. The monoisotopic (exact) mass is 375 g/mol. The van der Waals surface area contributed by atoms with Crippen molar-refractivity contribution in [3.8, 4) is 0 Å². The van der Waals surface area contributed by atoms with Gasteiger partial charge in [0.2, 0.25) is 0 Å². The fourth-order valence-corrected chi connectivity index (χ4v) is 4.06. The second-order valence-corrected chi connectivity index (χ2v) is 7.55. The number of hydrogen-bond acceptors (Lipinski definition) is 3. The summed E-state index contributed by atoms with van der Waals surface area (Å²) in [6, 6.07) is 17.2. The summed E-state index contributed by atoms with van der Waals surface area (Å²) in [5.41, 5.74) is 1.17. The van der Waals surface area contributed by atoms with Crippen molar-refractivity contribution in [2.45, 2.75) is 44.7 Å². The van der Waals surface area contributed by atoms with Crippen LogP contribution in [0.2, 0.25) is 0 Å². The van der Waals surface area contributed by atoms with E-state index in [0.717, 1.165) is 31.2 Å². The van der Waals surface area contributed by atoms with Crippen LogP contribution in [0.15, 0.2) is 59.4 Å². The molecule has 1 fully saturated rings. The molecule has 0 unspecified atom stereocenters. The van der Waals surface area contributed by atoms with Crippen LogP contribution in [0.4, 0.5) is 0 Å². The molecule has 4 rings (SSSR count). The van der Waals surface area contributed by atoms with Gasteiger partial charge in [-0.05, 0) is 24.5 Å². The molecule has 1 aromatic heterocycles. The topological polar surface area (TPSA) is 55.2 Å². The second-order valence-electron chi connectivity index (χ2n) is 7.55. The Hall–Kier alpha value is -2.95. The summed E-state index contributed by atoms with van der Waals surface area (Å²) in [7, 11) is 1.86. The van der Waals surface area contributed by atoms with E-state index >= 15 is 0 Å². The number of carbonyl (C=O) groups excluding carboxylic acids is 1. The van der Waals surface area contributed by atoms with Crippen LogP contribution < -0.4 is 5.56 Å². The highest BCUT2D eigenvalue weighted by atomic mass is 16.2. The van der Waals surface area contributed by atoms with Crippen molar-refractivity contribution in [2.24, 2.45) is 0 Å². The normalized spacial score (nSPS) is 14.9. The predicted octanol–water partition coefficient (Wildman–Crippen LogP) is 3.85. The maximum atomic E-state index is 13.3. The van der Waals surface area contributed by atoms with E-state index in [4.69, 9.17) is 0 Å². The highest BCUT2D eigenvalue weighted by Gasteiger charge is 2.26. The molecule has 0 spiro atoms. The Morgan fingerprint density at radius 3 is 2.36 bits per heavy atom. The molecule has 3 aromatic rings. The molecule has 0 saturated heterocycles. The Morgan fingerprint density at radius 2 is 1.64 bits per heavy atom. The van der Waals surface area contributed by atoms with Gasteiger partial charge >= 0.3 is 0 Å². The molecular formula is C23H25N3O2. The Bertz CT molecular complexity index is 1040. The summed E-state index contributed by atoms with van der Waals surface area (Å²) in [4.78, 5) is 28.1. The highest BCUT2D eigenvalue weighted by molar-refractivity contribution is 6.04. The Labute approximate surface area is 164 Å². The Morgan fingerprint density at radius 1 is 1.00 bits per heavy atom. The Balaban J connectivity index is 1.77. The molecule has 2 aromatic carbocycles. The smallest absolute Gasteiger partial charge is 0.274 e. The van der Waals surface area contributed by atoms with Gasteiger partial charge in [0.05, 0.1) is 11.9 Å². The van der Waals surface area contributed by atoms with Gasteiger partial charge in [-0.3, -0.25) is 9.59 Å². The van der Waals surface area contributed by atoms with Gasteiger partial charge in [0.1, 0.15) is 0 Å². The van der Waals surface area contributed by atoms with E-state index in [1.54, 1.807) is 6.07 Å². The third-order valence-electron chi connectivity index (χ3n) is 5.69. The first-order valence-corrected chi connectivity index (χ1v) is 9.96. The molecule has 1 saturated carbocycles. The number of benzene rings is 2. The molecule has 5 nitrogen and oxygen atoms in total. The zero-order valence-corrected chi connectivity index (χ0v) is 16.2. The molecule has 1 aliphatic carbocycles. The maximum Gasteiger partial charge on any atom is 0.274 e. The van der Waals surface area contributed by atoms with E-state index < -0.39 is 0 Å². The molecular weight excluding hydrogens is 350 g/mol. The highest BCUT2D eigenvalue weighted by Crippen LogP contribution is 2.24. The van der Waals surface area contributed by atoms with Gasteiger partial charge in [0.25, 0.3) is 11.5 Å². The summed E-state index contributed by atoms with van der Waals surface area (Å²) >= 11 is 0. The number of rotatable bonds is 4. The molecule has 1 heterocycles. The third kappa shape index (κ3) is 3.57. The SMILES string of the molecule is CN(C(=O)c1nn(Cc2ccccc2)c(=O)c2ccccc12)C1CCCCC1. The molecule has 1 aliphatic rings. The van der Waals surface area contributed by atoms with Crippen LogP contribution in [-0.4, -0.2) is 33.7 Å². The quantitative estimate of drug-likeness (QED) is 0.696. The van der Waals surface area contributed by atoms with E-state index in [0.29, 0.717) is 23.0 Å². The van der Waals surface area contributed by atoms with Gasteiger partial charge in [-0.25, -0.2) is 4.68 Å². The number of amides is 1. The van der Waals surface area contributed by atoms with Crippen molar-refractivity contribution in [1.82, 2.24) is 14.7 Å². The minimum absolute atomic E-state index is 0.107. The summed E-state index contributed by atoms with van der Waals surface area (Å²) in [5, 5.41) is 5.69. The van der Waals surface area contributed by atoms with Gasteiger partial charge in [-0.2, -0.15) is 5.10 Å². The molecule has 0 atom stereocenters. The second kappa shape index (κ2) is 7.97. The average molecular weight is 375 g/mol. The number of carbonyl (C=O) groups is 1. The third-order valence-corrected chi connectivity index (χ3v) is 5.69. The van der Waals surface area contributed by atoms with Crippen molar-refractivity contribution in [1.29, 1.82) is 0 Å². The fraction of sp³-hybridized carbons (Fsp3) is 0.348. The number of fused-ring (bicyclic) bond motifs is 1. The van der Waals surface area contributed by atoms with Crippen LogP contribution in [-0.2, 0) is 6.54 Å².